The number of nitrogens with two attached hydrogens (primary N) is 1. The summed E-state index contributed by atoms with van der Waals surface area (Å²) in [6.45, 7) is 0. The molecule has 7 heteroatoms. The third-order valence-electron chi connectivity index (χ3n) is 2.04. The second kappa shape index (κ2) is 6.22. The van der Waals surface area contributed by atoms with Gasteiger partial charge >= 0.3 is 0 Å². The molecule has 2 aromatic rings. The van der Waals surface area contributed by atoms with Gasteiger partial charge in [-0.1, -0.05) is 18.2 Å². The summed E-state index contributed by atoms with van der Waals surface area (Å²) in [4.78, 5) is 0. The van der Waals surface area contributed by atoms with Crippen LogP contribution in [0.2, 0.25) is 0 Å². The predicted molar refractivity (Wildman–Crippen MR) is 62.5 cm³/mol. The first-order valence-electron chi connectivity index (χ1n) is 4.93. The van der Waals surface area contributed by atoms with Crippen LogP contribution in [0.15, 0.2) is 30.3 Å². The SMILES string of the molecule is Nc1ccccc1.[B]c1c(F)c(F)c(F)c(F)c1F. The molecule has 1 nitrogen and oxygen atoms in total. The molecule has 0 spiro atoms. The Morgan fingerprint density at radius 2 is 1.05 bits per heavy atom. The van der Waals surface area contributed by atoms with Crippen molar-refractivity contribution in [2.24, 2.45) is 0 Å². The van der Waals surface area contributed by atoms with Crippen LogP contribution in [0.5, 0.6) is 0 Å². The molecule has 0 aromatic heterocycles. The van der Waals surface area contributed by atoms with Gasteiger partial charge in [-0.15, -0.1) is 0 Å². The monoisotopic (exact) mass is 271 g/mol. The molecule has 0 heterocycles. The average Bonchev–Trinajstić information content (AvgIpc) is 2.42. The highest BCUT2D eigenvalue weighted by molar-refractivity contribution is 6.32. The maximum absolute atomic E-state index is 12.3. The van der Waals surface area contributed by atoms with Crippen LogP contribution >= 0.6 is 0 Å². The fraction of sp³-hybridized carbons (Fsp3) is 0. The molecule has 2 rings (SSSR count). The first-order chi connectivity index (χ1) is 8.86. The zero-order valence-corrected chi connectivity index (χ0v) is 9.43. The summed E-state index contributed by atoms with van der Waals surface area (Å²) in [5.74, 6) is -10.3. The van der Waals surface area contributed by atoms with Gasteiger partial charge in [0.25, 0.3) is 0 Å². The van der Waals surface area contributed by atoms with Gasteiger partial charge in [-0.3, -0.25) is 0 Å². The van der Waals surface area contributed by atoms with Crippen molar-refractivity contribution in [3.8, 4) is 0 Å². The molecule has 2 radical (unpaired) electrons. The van der Waals surface area contributed by atoms with E-state index in [1.54, 1.807) is 0 Å². The van der Waals surface area contributed by atoms with E-state index in [-0.39, 0.29) is 0 Å². The highest BCUT2D eigenvalue weighted by atomic mass is 19.2. The molecule has 19 heavy (non-hydrogen) atoms. The Kier molecular flexibility index (Phi) is 4.91. The lowest BCUT2D eigenvalue weighted by atomic mass is 9.94. The minimum absolute atomic E-state index is 0.822. The van der Waals surface area contributed by atoms with Crippen LogP contribution in [0.4, 0.5) is 27.6 Å². The number of anilines is 1. The Morgan fingerprint density at radius 3 is 1.37 bits per heavy atom. The molecule has 0 aliphatic rings. The molecule has 0 saturated heterocycles. The minimum atomic E-state index is -2.21. The largest absolute Gasteiger partial charge is 0.399 e. The van der Waals surface area contributed by atoms with Gasteiger partial charge in [0.05, 0.1) is 0 Å². The summed E-state index contributed by atoms with van der Waals surface area (Å²) in [6, 6.07) is 9.49. The lowest BCUT2D eigenvalue weighted by Crippen LogP contribution is -2.20. The second-order valence-corrected chi connectivity index (χ2v) is 3.39. The van der Waals surface area contributed by atoms with Crippen LogP contribution in [-0.2, 0) is 0 Å². The van der Waals surface area contributed by atoms with Gasteiger partial charge in [0.1, 0.15) is 7.85 Å². The number of para-hydroxylation sites is 1. The second-order valence-electron chi connectivity index (χ2n) is 3.39. The van der Waals surface area contributed by atoms with E-state index in [1.165, 1.54) is 0 Å². The average molecular weight is 271 g/mol. The maximum Gasteiger partial charge on any atom is 0.200 e. The van der Waals surface area contributed by atoms with Crippen molar-refractivity contribution in [3.63, 3.8) is 0 Å². The fourth-order valence-electron chi connectivity index (χ4n) is 1.07. The van der Waals surface area contributed by atoms with Crippen molar-refractivity contribution >= 4 is 19.0 Å². The standard InChI is InChI=1S/C6BF5.C6H7N/c7-1-2(8)4(10)6(12)5(11)3(1)9;7-6-4-2-1-3-5-6/h;1-5H,7H2. The number of rotatable bonds is 0. The van der Waals surface area contributed by atoms with E-state index < -0.39 is 34.5 Å². The van der Waals surface area contributed by atoms with Crippen molar-refractivity contribution in [1.82, 2.24) is 0 Å². The number of benzene rings is 2. The topological polar surface area (TPSA) is 26.0 Å². The van der Waals surface area contributed by atoms with E-state index in [0.717, 1.165) is 5.69 Å². The summed E-state index contributed by atoms with van der Waals surface area (Å²) in [7, 11) is 4.56. The Labute approximate surface area is 107 Å². The highest BCUT2D eigenvalue weighted by Crippen LogP contribution is 2.14. The van der Waals surface area contributed by atoms with Gasteiger partial charge in [0.15, 0.2) is 29.1 Å². The molecule has 0 saturated carbocycles. The van der Waals surface area contributed by atoms with Crippen molar-refractivity contribution < 1.29 is 22.0 Å². The molecule has 0 unspecified atom stereocenters. The molecule has 0 fully saturated rings. The van der Waals surface area contributed by atoms with E-state index in [0.29, 0.717) is 0 Å². The molecule has 98 valence electrons. The van der Waals surface area contributed by atoms with Crippen molar-refractivity contribution in [2.75, 3.05) is 5.73 Å². The Hall–Kier alpha value is -2.05. The number of hydrogen-bond acceptors (Lipinski definition) is 1. The predicted octanol–water partition coefficient (Wildman–Crippen LogP) is 2.44. The van der Waals surface area contributed by atoms with E-state index in [4.69, 9.17) is 5.73 Å². The van der Waals surface area contributed by atoms with Gasteiger partial charge in [-0.25, -0.2) is 22.0 Å². The van der Waals surface area contributed by atoms with Crippen LogP contribution < -0.4 is 11.2 Å². The Morgan fingerprint density at radius 1 is 0.684 bits per heavy atom. The Bertz CT molecular complexity index is 469. The lowest BCUT2D eigenvalue weighted by Gasteiger charge is -2.02. The highest BCUT2D eigenvalue weighted by Gasteiger charge is 2.22. The summed E-state index contributed by atoms with van der Waals surface area (Å²) in [6.07, 6.45) is 0. The van der Waals surface area contributed by atoms with Crippen LogP contribution in [0.3, 0.4) is 0 Å². The first-order valence-corrected chi connectivity index (χ1v) is 4.93. The fourth-order valence-corrected chi connectivity index (χ4v) is 1.07. The lowest BCUT2D eigenvalue weighted by molar-refractivity contribution is 0.384. The molecular formula is C12H7BF5N. The van der Waals surface area contributed by atoms with E-state index >= 15 is 0 Å². The number of hydrogen-bond donors (Lipinski definition) is 1. The summed E-state index contributed by atoms with van der Waals surface area (Å²) in [5, 5.41) is 0. The van der Waals surface area contributed by atoms with Gasteiger partial charge < -0.3 is 5.73 Å². The van der Waals surface area contributed by atoms with Crippen LogP contribution in [0, 0.1) is 29.1 Å². The van der Waals surface area contributed by atoms with E-state index in [9.17, 15) is 22.0 Å². The van der Waals surface area contributed by atoms with Gasteiger partial charge in [0.2, 0.25) is 0 Å². The van der Waals surface area contributed by atoms with Crippen LogP contribution in [0.25, 0.3) is 0 Å². The molecule has 0 aliphatic heterocycles. The van der Waals surface area contributed by atoms with E-state index in [2.05, 4.69) is 7.85 Å². The quantitative estimate of drug-likeness (QED) is 0.257. The third kappa shape index (κ3) is 3.46. The third-order valence-corrected chi connectivity index (χ3v) is 2.04. The summed E-state index contributed by atoms with van der Waals surface area (Å²) < 4.78 is 61.1. The van der Waals surface area contributed by atoms with Crippen molar-refractivity contribution in [1.29, 1.82) is 0 Å². The normalized spacial score (nSPS) is 9.74. The summed E-state index contributed by atoms with van der Waals surface area (Å²) >= 11 is 0. The molecule has 2 N–H and O–H groups in total. The van der Waals surface area contributed by atoms with Gasteiger partial charge in [-0.2, -0.15) is 0 Å². The minimum Gasteiger partial charge on any atom is -0.399 e. The van der Waals surface area contributed by atoms with Crippen molar-refractivity contribution in [2.45, 2.75) is 0 Å². The smallest absolute Gasteiger partial charge is 0.200 e. The van der Waals surface area contributed by atoms with Gasteiger partial charge in [-0.05, 0) is 17.6 Å². The molecule has 0 amide bonds. The zero-order valence-electron chi connectivity index (χ0n) is 9.43. The molecule has 0 atom stereocenters. The van der Waals surface area contributed by atoms with Gasteiger partial charge in [0, 0.05) is 5.69 Å². The molecule has 0 bridgehead atoms. The Balaban J connectivity index is 0.000000218. The number of halogens is 5. The molecule has 0 aliphatic carbocycles. The molecule has 2 aromatic carbocycles. The summed E-state index contributed by atoms with van der Waals surface area (Å²) in [5.41, 5.74) is 4.81. The first kappa shape index (κ1) is 15.0. The van der Waals surface area contributed by atoms with Crippen LogP contribution in [0.1, 0.15) is 0 Å². The molecular weight excluding hydrogens is 264 g/mol. The zero-order chi connectivity index (χ0) is 14.6. The van der Waals surface area contributed by atoms with E-state index in [1.807, 2.05) is 30.3 Å². The maximum atomic E-state index is 12.3. The van der Waals surface area contributed by atoms with Crippen molar-refractivity contribution in [3.05, 3.63) is 59.4 Å². The number of nitrogen functional groups attached to an aromatic ring is 1. The van der Waals surface area contributed by atoms with Crippen LogP contribution in [-0.4, -0.2) is 7.85 Å².